The summed E-state index contributed by atoms with van der Waals surface area (Å²) in [5.74, 6) is 0.620. The van der Waals surface area contributed by atoms with Gasteiger partial charge in [-0.15, -0.1) is 0 Å². The molecule has 1 fully saturated rings. The molecule has 2 aromatic heterocycles. The number of amides is 1. The minimum absolute atomic E-state index is 0.0556. The Balaban J connectivity index is 1.55. The van der Waals surface area contributed by atoms with E-state index in [-0.39, 0.29) is 11.9 Å². The summed E-state index contributed by atoms with van der Waals surface area (Å²) in [5.41, 5.74) is 2.15. The quantitative estimate of drug-likeness (QED) is 0.849. The highest BCUT2D eigenvalue weighted by Crippen LogP contribution is 2.41. The molecular weight excluding hydrogens is 278 g/mol. The van der Waals surface area contributed by atoms with Crippen LogP contribution in [0.3, 0.4) is 0 Å². The van der Waals surface area contributed by atoms with Crippen molar-refractivity contribution in [3.63, 3.8) is 0 Å². The van der Waals surface area contributed by atoms with E-state index in [4.69, 9.17) is 0 Å². The number of hydrogen-bond donors (Lipinski definition) is 1. The maximum absolute atomic E-state index is 12.2. The summed E-state index contributed by atoms with van der Waals surface area (Å²) in [6.45, 7) is 2.76. The highest BCUT2D eigenvalue weighted by molar-refractivity contribution is 5.76. The van der Waals surface area contributed by atoms with Crippen LogP contribution in [0, 0.1) is 12.8 Å². The molecule has 0 saturated heterocycles. The van der Waals surface area contributed by atoms with Gasteiger partial charge < -0.3 is 5.32 Å². The van der Waals surface area contributed by atoms with Gasteiger partial charge in [0.2, 0.25) is 5.91 Å². The van der Waals surface area contributed by atoms with Crippen molar-refractivity contribution >= 4 is 5.91 Å². The molecule has 1 saturated carbocycles. The van der Waals surface area contributed by atoms with Crippen molar-refractivity contribution in [3.05, 3.63) is 42.2 Å². The van der Waals surface area contributed by atoms with E-state index in [1.165, 1.54) is 19.2 Å². The van der Waals surface area contributed by atoms with Gasteiger partial charge >= 0.3 is 0 Å². The van der Waals surface area contributed by atoms with Gasteiger partial charge in [-0.1, -0.05) is 6.07 Å². The average Bonchev–Trinajstić information content (AvgIpc) is 3.23. The smallest absolute Gasteiger partial charge is 0.220 e. The zero-order valence-corrected chi connectivity index (χ0v) is 12.8. The first kappa shape index (κ1) is 14.7. The van der Waals surface area contributed by atoms with E-state index >= 15 is 0 Å². The molecule has 1 atom stereocenters. The number of hydrogen-bond acceptors (Lipinski definition) is 4. The van der Waals surface area contributed by atoms with Gasteiger partial charge in [0.25, 0.3) is 0 Å². The summed E-state index contributed by atoms with van der Waals surface area (Å²) in [6, 6.07) is 4.04. The number of carbonyl (C=O) groups is 1. The summed E-state index contributed by atoms with van der Waals surface area (Å²) in [7, 11) is 0. The van der Waals surface area contributed by atoms with Gasteiger partial charge in [-0.05, 0) is 43.7 Å². The fourth-order valence-electron chi connectivity index (χ4n) is 2.66. The Kier molecular flexibility index (Phi) is 4.46. The molecule has 1 N–H and O–H groups in total. The average molecular weight is 299 g/mol. The van der Waals surface area contributed by atoms with Crippen LogP contribution in [0.2, 0.25) is 0 Å². The van der Waals surface area contributed by atoms with Crippen LogP contribution >= 0.6 is 0 Å². The van der Waals surface area contributed by atoms with Crippen LogP contribution in [-0.2, 0) is 11.3 Å². The lowest BCUT2D eigenvalue weighted by molar-refractivity contribution is -0.122. The van der Waals surface area contributed by atoms with E-state index in [1.807, 2.05) is 6.07 Å². The predicted octanol–water partition coefficient (Wildman–Crippen LogP) is 2.03. The third kappa shape index (κ3) is 3.69. The molecule has 6 heteroatoms. The lowest BCUT2D eigenvalue weighted by Gasteiger charge is -2.19. The Morgan fingerprint density at radius 1 is 1.50 bits per heavy atom. The van der Waals surface area contributed by atoms with E-state index in [2.05, 4.69) is 33.4 Å². The van der Waals surface area contributed by atoms with Gasteiger partial charge in [0.15, 0.2) is 0 Å². The molecule has 22 heavy (non-hydrogen) atoms. The highest BCUT2D eigenvalue weighted by atomic mass is 16.1. The standard InChI is InChI=1S/C16H21N5O/c1-12-4-2-8-18-15(12)16(13-6-7-13)20-14(22)5-3-9-21-11-17-10-19-21/h2,4,8,10-11,13,16H,3,5-7,9H2,1H3,(H,20,22). The summed E-state index contributed by atoms with van der Waals surface area (Å²) in [4.78, 5) is 20.6. The maximum Gasteiger partial charge on any atom is 0.220 e. The van der Waals surface area contributed by atoms with E-state index in [0.717, 1.165) is 17.7 Å². The Morgan fingerprint density at radius 3 is 3.05 bits per heavy atom. The molecule has 0 spiro atoms. The molecule has 1 amide bonds. The van der Waals surface area contributed by atoms with Gasteiger partial charge in [-0.25, -0.2) is 4.98 Å². The SMILES string of the molecule is Cc1cccnc1C(NC(=O)CCCn1cncn1)C1CC1. The van der Waals surface area contributed by atoms with Crippen LogP contribution in [0.15, 0.2) is 31.0 Å². The summed E-state index contributed by atoms with van der Waals surface area (Å²) >= 11 is 0. The Morgan fingerprint density at radius 2 is 2.36 bits per heavy atom. The normalized spacial score (nSPS) is 15.5. The first-order valence-corrected chi connectivity index (χ1v) is 7.77. The second-order valence-electron chi connectivity index (χ2n) is 5.85. The van der Waals surface area contributed by atoms with Crippen molar-refractivity contribution in [2.45, 2.75) is 45.2 Å². The number of carbonyl (C=O) groups excluding carboxylic acids is 1. The molecule has 1 aliphatic carbocycles. The maximum atomic E-state index is 12.2. The second-order valence-corrected chi connectivity index (χ2v) is 5.85. The molecule has 0 radical (unpaired) electrons. The van der Waals surface area contributed by atoms with Crippen molar-refractivity contribution in [2.24, 2.45) is 5.92 Å². The number of rotatable bonds is 7. The summed E-state index contributed by atoms with van der Waals surface area (Å²) in [6.07, 6.45) is 8.56. The third-order valence-corrected chi connectivity index (χ3v) is 4.01. The number of nitrogens with one attached hydrogen (secondary N) is 1. The monoisotopic (exact) mass is 299 g/mol. The molecule has 0 aromatic carbocycles. The molecule has 0 aliphatic heterocycles. The van der Waals surface area contributed by atoms with Crippen LogP contribution in [0.5, 0.6) is 0 Å². The molecule has 2 heterocycles. The van der Waals surface area contributed by atoms with Crippen LogP contribution in [0.25, 0.3) is 0 Å². The summed E-state index contributed by atoms with van der Waals surface area (Å²) in [5, 5.41) is 7.20. The number of aromatic nitrogens is 4. The lowest BCUT2D eigenvalue weighted by Crippen LogP contribution is -2.31. The molecule has 1 aliphatic rings. The fraction of sp³-hybridized carbons (Fsp3) is 0.500. The minimum Gasteiger partial charge on any atom is -0.347 e. The van der Waals surface area contributed by atoms with E-state index < -0.39 is 0 Å². The number of pyridine rings is 1. The Hall–Kier alpha value is -2.24. The molecule has 116 valence electrons. The van der Waals surface area contributed by atoms with E-state index in [1.54, 1.807) is 17.2 Å². The zero-order valence-electron chi connectivity index (χ0n) is 12.8. The van der Waals surface area contributed by atoms with Crippen molar-refractivity contribution in [3.8, 4) is 0 Å². The van der Waals surface area contributed by atoms with Gasteiger partial charge in [0, 0.05) is 19.2 Å². The highest BCUT2D eigenvalue weighted by Gasteiger charge is 2.34. The molecule has 2 aromatic rings. The third-order valence-electron chi connectivity index (χ3n) is 4.01. The van der Waals surface area contributed by atoms with Gasteiger partial charge in [0.05, 0.1) is 11.7 Å². The van der Waals surface area contributed by atoms with E-state index in [0.29, 0.717) is 18.9 Å². The van der Waals surface area contributed by atoms with Gasteiger partial charge in [-0.2, -0.15) is 5.10 Å². The first-order chi connectivity index (χ1) is 10.7. The molecule has 3 rings (SSSR count). The largest absolute Gasteiger partial charge is 0.347 e. The molecule has 6 nitrogen and oxygen atoms in total. The molecule has 0 bridgehead atoms. The topological polar surface area (TPSA) is 72.7 Å². The zero-order chi connectivity index (χ0) is 15.4. The van der Waals surface area contributed by atoms with Gasteiger partial charge in [0.1, 0.15) is 12.7 Å². The van der Waals surface area contributed by atoms with Crippen molar-refractivity contribution in [2.75, 3.05) is 0 Å². The van der Waals surface area contributed by atoms with Crippen LogP contribution in [0.4, 0.5) is 0 Å². The summed E-state index contributed by atoms with van der Waals surface area (Å²) < 4.78 is 1.74. The van der Waals surface area contributed by atoms with Crippen LogP contribution < -0.4 is 5.32 Å². The number of aryl methyl sites for hydroxylation is 2. The molecular formula is C16H21N5O. The fourth-order valence-corrected chi connectivity index (χ4v) is 2.66. The lowest BCUT2D eigenvalue weighted by atomic mass is 10.0. The van der Waals surface area contributed by atoms with E-state index in [9.17, 15) is 4.79 Å². The first-order valence-electron chi connectivity index (χ1n) is 7.77. The van der Waals surface area contributed by atoms with Crippen molar-refractivity contribution < 1.29 is 4.79 Å². The van der Waals surface area contributed by atoms with Crippen LogP contribution in [0.1, 0.15) is 43.0 Å². The predicted molar refractivity (Wildman–Crippen MR) is 81.8 cm³/mol. The minimum atomic E-state index is 0.0556. The van der Waals surface area contributed by atoms with Gasteiger partial charge in [-0.3, -0.25) is 14.5 Å². The van der Waals surface area contributed by atoms with Crippen LogP contribution in [-0.4, -0.2) is 25.7 Å². The Bertz CT molecular complexity index is 621. The molecule has 1 unspecified atom stereocenters. The van der Waals surface area contributed by atoms with Crippen molar-refractivity contribution in [1.82, 2.24) is 25.1 Å². The number of nitrogens with zero attached hydrogens (tertiary/aromatic N) is 4. The van der Waals surface area contributed by atoms with Crippen molar-refractivity contribution in [1.29, 1.82) is 0 Å². The second kappa shape index (κ2) is 6.68. The Labute approximate surface area is 130 Å².